The van der Waals surface area contributed by atoms with Crippen LogP contribution in [0.4, 0.5) is 0 Å². The van der Waals surface area contributed by atoms with E-state index < -0.39 is 5.97 Å². The summed E-state index contributed by atoms with van der Waals surface area (Å²) in [6, 6.07) is 12.4. The lowest BCUT2D eigenvalue weighted by molar-refractivity contribution is -0.144. The Kier molecular flexibility index (Phi) is 7.48. The molecule has 0 radical (unpaired) electrons. The van der Waals surface area contributed by atoms with Gasteiger partial charge in [0.25, 0.3) is 0 Å². The highest BCUT2D eigenvalue weighted by atomic mass is 35.5. The van der Waals surface area contributed by atoms with E-state index in [-0.39, 0.29) is 6.04 Å². The monoisotopic (exact) mass is 534 g/mol. The van der Waals surface area contributed by atoms with Gasteiger partial charge in [0.1, 0.15) is 11.7 Å². The van der Waals surface area contributed by atoms with Crippen LogP contribution >= 0.6 is 11.6 Å². The van der Waals surface area contributed by atoms with Gasteiger partial charge in [0.05, 0.1) is 5.02 Å². The van der Waals surface area contributed by atoms with Crippen molar-refractivity contribution in [2.75, 3.05) is 32.7 Å². The van der Waals surface area contributed by atoms with Gasteiger partial charge in [0, 0.05) is 49.6 Å². The van der Waals surface area contributed by atoms with Crippen LogP contribution in [0.1, 0.15) is 67.2 Å². The van der Waals surface area contributed by atoms with Crippen molar-refractivity contribution in [1.29, 1.82) is 0 Å². The Hall–Kier alpha value is -2.41. The molecule has 0 spiro atoms. The van der Waals surface area contributed by atoms with Crippen LogP contribution in [-0.2, 0) is 4.79 Å². The van der Waals surface area contributed by atoms with Crippen LogP contribution < -0.4 is 0 Å². The molecule has 1 aromatic carbocycles. The van der Waals surface area contributed by atoms with Crippen molar-refractivity contribution in [3.8, 4) is 0 Å². The highest BCUT2D eigenvalue weighted by Gasteiger charge is 2.41. The SMILES string of the molecule is Cc1cccc(C2CN(C(CC3CCC3)C(=O)O)CC2CN2CCC(c3cnc4ccc(Cl)cn34)CC2)c1. The minimum absolute atomic E-state index is 0.356. The number of carboxylic acids is 1. The molecule has 202 valence electrons. The number of carbonyl (C=O) groups is 1. The molecular weight excluding hydrogens is 496 g/mol. The van der Waals surface area contributed by atoms with Gasteiger partial charge in [-0.3, -0.25) is 9.69 Å². The molecule has 6 rings (SSSR count). The van der Waals surface area contributed by atoms with Crippen LogP contribution in [-0.4, -0.2) is 69.0 Å². The number of likely N-dealkylation sites (tertiary alicyclic amines) is 2. The summed E-state index contributed by atoms with van der Waals surface area (Å²) < 4.78 is 2.15. The molecule has 6 nitrogen and oxygen atoms in total. The number of aryl methyl sites for hydroxylation is 1. The van der Waals surface area contributed by atoms with Crippen LogP contribution in [0, 0.1) is 18.8 Å². The molecule has 2 saturated heterocycles. The van der Waals surface area contributed by atoms with Gasteiger partial charge in [-0.2, -0.15) is 0 Å². The number of piperidine rings is 1. The number of aliphatic carboxylic acids is 1. The van der Waals surface area contributed by atoms with Crippen molar-refractivity contribution in [3.05, 3.63) is 70.6 Å². The number of imidazole rings is 1. The number of pyridine rings is 1. The molecule has 1 aliphatic carbocycles. The fourth-order valence-electron chi connectivity index (χ4n) is 7.09. The van der Waals surface area contributed by atoms with E-state index in [2.05, 4.69) is 50.4 Å². The van der Waals surface area contributed by atoms with E-state index in [4.69, 9.17) is 11.6 Å². The van der Waals surface area contributed by atoms with E-state index in [0.29, 0.717) is 23.7 Å². The standard InChI is InChI=1S/C31H39ClN4O2/c1-21-4-2-7-24(14-21)27-20-35(28(31(37)38)15-22-5-3-6-22)18-25(27)17-34-12-10-23(11-13-34)29-16-33-30-9-8-26(32)19-36(29)30/h2,4,7-9,14,16,19,22-23,25,27-28H,3,5-6,10-13,15,17-18,20H2,1H3,(H,37,38). The molecule has 2 aliphatic heterocycles. The Bertz CT molecular complexity index is 1280. The number of carboxylic acid groups (broad SMARTS) is 1. The zero-order valence-electron chi connectivity index (χ0n) is 22.3. The second-order valence-electron chi connectivity index (χ2n) is 12.0. The van der Waals surface area contributed by atoms with Gasteiger partial charge in [-0.15, -0.1) is 0 Å². The Labute approximate surface area is 230 Å². The van der Waals surface area contributed by atoms with Crippen molar-refractivity contribution in [2.24, 2.45) is 11.8 Å². The summed E-state index contributed by atoms with van der Waals surface area (Å²) in [6.45, 7) is 7.00. The summed E-state index contributed by atoms with van der Waals surface area (Å²) in [5.41, 5.74) is 4.85. The summed E-state index contributed by atoms with van der Waals surface area (Å²) in [7, 11) is 0. The number of benzene rings is 1. The van der Waals surface area contributed by atoms with E-state index in [1.165, 1.54) is 36.1 Å². The Morgan fingerprint density at radius 2 is 1.95 bits per heavy atom. The first-order chi connectivity index (χ1) is 18.4. The van der Waals surface area contributed by atoms with Crippen molar-refractivity contribution in [1.82, 2.24) is 19.2 Å². The van der Waals surface area contributed by atoms with Crippen molar-refractivity contribution in [2.45, 2.75) is 63.3 Å². The normalized spacial score (nSPS) is 24.6. The zero-order chi connectivity index (χ0) is 26.2. The molecule has 2 aromatic heterocycles. The second kappa shape index (κ2) is 11.0. The first kappa shape index (κ1) is 25.8. The van der Waals surface area contributed by atoms with Gasteiger partial charge in [-0.1, -0.05) is 60.7 Å². The molecule has 0 bridgehead atoms. The van der Waals surface area contributed by atoms with Gasteiger partial charge < -0.3 is 14.4 Å². The minimum atomic E-state index is -0.644. The summed E-state index contributed by atoms with van der Waals surface area (Å²) in [5, 5.41) is 10.9. The maximum Gasteiger partial charge on any atom is 0.320 e. The van der Waals surface area contributed by atoms with Crippen LogP contribution in [0.2, 0.25) is 5.02 Å². The topological polar surface area (TPSA) is 61.1 Å². The fraction of sp³-hybridized carbons (Fsp3) is 0.548. The highest BCUT2D eigenvalue weighted by molar-refractivity contribution is 6.30. The molecule has 38 heavy (non-hydrogen) atoms. The van der Waals surface area contributed by atoms with E-state index in [0.717, 1.165) is 62.7 Å². The second-order valence-corrected chi connectivity index (χ2v) is 12.4. The number of fused-ring (bicyclic) bond motifs is 1. The largest absolute Gasteiger partial charge is 0.480 e. The van der Waals surface area contributed by atoms with Gasteiger partial charge in [0.15, 0.2) is 0 Å². The van der Waals surface area contributed by atoms with Crippen molar-refractivity contribution >= 4 is 23.2 Å². The maximum absolute atomic E-state index is 12.4. The van der Waals surface area contributed by atoms with Gasteiger partial charge in [0.2, 0.25) is 0 Å². The predicted molar refractivity (Wildman–Crippen MR) is 151 cm³/mol. The Morgan fingerprint density at radius 3 is 2.66 bits per heavy atom. The summed E-state index contributed by atoms with van der Waals surface area (Å²) in [6.07, 6.45) is 10.6. The average molecular weight is 535 g/mol. The van der Waals surface area contributed by atoms with Crippen molar-refractivity contribution < 1.29 is 9.90 Å². The van der Waals surface area contributed by atoms with E-state index in [9.17, 15) is 9.90 Å². The maximum atomic E-state index is 12.4. The summed E-state index contributed by atoms with van der Waals surface area (Å²) in [4.78, 5) is 21.9. The Morgan fingerprint density at radius 1 is 1.13 bits per heavy atom. The van der Waals surface area contributed by atoms with Crippen LogP contribution in [0.25, 0.3) is 5.65 Å². The lowest BCUT2D eigenvalue weighted by atomic mass is 9.80. The zero-order valence-corrected chi connectivity index (χ0v) is 23.1. The number of nitrogens with zero attached hydrogens (tertiary/aromatic N) is 4. The van der Waals surface area contributed by atoms with Crippen LogP contribution in [0.3, 0.4) is 0 Å². The predicted octanol–water partition coefficient (Wildman–Crippen LogP) is 5.83. The molecule has 3 fully saturated rings. The first-order valence-electron chi connectivity index (χ1n) is 14.3. The highest BCUT2D eigenvalue weighted by Crippen LogP contribution is 2.39. The number of rotatable bonds is 8. The average Bonchev–Trinajstić information content (AvgIpc) is 3.48. The third-order valence-electron chi connectivity index (χ3n) is 9.44. The molecule has 7 heteroatoms. The number of halogens is 1. The number of hydrogen-bond donors (Lipinski definition) is 1. The quantitative estimate of drug-likeness (QED) is 0.394. The molecule has 3 aliphatic rings. The molecule has 3 atom stereocenters. The molecule has 3 aromatic rings. The lowest BCUT2D eigenvalue weighted by Crippen LogP contribution is -2.43. The fourth-order valence-corrected chi connectivity index (χ4v) is 7.25. The number of hydrogen-bond acceptors (Lipinski definition) is 4. The minimum Gasteiger partial charge on any atom is -0.480 e. The molecule has 1 N–H and O–H groups in total. The molecule has 0 amide bonds. The van der Waals surface area contributed by atoms with Crippen molar-refractivity contribution in [3.63, 3.8) is 0 Å². The van der Waals surface area contributed by atoms with E-state index >= 15 is 0 Å². The lowest BCUT2D eigenvalue weighted by Gasteiger charge is -2.35. The van der Waals surface area contributed by atoms with E-state index in [1.807, 2.05) is 24.5 Å². The van der Waals surface area contributed by atoms with Gasteiger partial charge in [-0.05, 0) is 68.8 Å². The summed E-state index contributed by atoms with van der Waals surface area (Å²) in [5.74, 6) is 1.23. The van der Waals surface area contributed by atoms with E-state index in [1.54, 1.807) is 0 Å². The van der Waals surface area contributed by atoms with Crippen LogP contribution in [0.5, 0.6) is 0 Å². The Balaban J connectivity index is 1.15. The molecular formula is C31H39ClN4O2. The van der Waals surface area contributed by atoms with Gasteiger partial charge >= 0.3 is 5.97 Å². The molecule has 1 saturated carbocycles. The summed E-state index contributed by atoms with van der Waals surface area (Å²) >= 11 is 6.27. The molecule has 3 unspecified atom stereocenters. The van der Waals surface area contributed by atoms with Gasteiger partial charge in [-0.25, -0.2) is 4.98 Å². The first-order valence-corrected chi connectivity index (χ1v) is 14.7. The third-order valence-corrected chi connectivity index (χ3v) is 9.67. The third kappa shape index (κ3) is 5.36. The van der Waals surface area contributed by atoms with Crippen LogP contribution in [0.15, 0.2) is 48.8 Å². The molecule has 4 heterocycles. The number of aromatic nitrogens is 2. The smallest absolute Gasteiger partial charge is 0.320 e.